The van der Waals surface area contributed by atoms with Crippen molar-refractivity contribution in [2.24, 2.45) is 5.41 Å². The van der Waals surface area contributed by atoms with Crippen LogP contribution in [0.4, 0.5) is 8.78 Å². The van der Waals surface area contributed by atoms with Crippen LogP contribution in [0.15, 0.2) is 0 Å². The predicted octanol–water partition coefficient (Wildman–Crippen LogP) is 2.39. The van der Waals surface area contributed by atoms with Crippen LogP contribution in [0.25, 0.3) is 0 Å². The summed E-state index contributed by atoms with van der Waals surface area (Å²) in [5.74, 6) is 0. The Hall–Kier alpha value is -0.220. The van der Waals surface area contributed by atoms with Crippen molar-refractivity contribution in [1.29, 1.82) is 0 Å². The maximum absolute atomic E-state index is 12.5. The molecule has 1 saturated heterocycles. The lowest BCUT2D eigenvalue weighted by molar-refractivity contribution is -0.353. The zero-order valence-corrected chi connectivity index (χ0v) is 7.73. The second-order valence-corrected chi connectivity index (χ2v) is 4.19. The van der Waals surface area contributed by atoms with Crippen LogP contribution in [-0.2, 0) is 9.47 Å². The lowest BCUT2D eigenvalue weighted by Crippen LogP contribution is -2.34. The summed E-state index contributed by atoms with van der Waals surface area (Å²) >= 11 is 0. The molecular formula is C8H14F2O2. The molecular weight excluding hydrogens is 166 g/mol. The molecule has 0 aromatic rings. The molecule has 2 nitrogen and oxygen atoms in total. The first-order valence-electron chi connectivity index (χ1n) is 3.96. The van der Waals surface area contributed by atoms with Crippen molar-refractivity contribution in [3.8, 4) is 0 Å². The van der Waals surface area contributed by atoms with Gasteiger partial charge in [-0.05, 0) is 12.3 Å². The topological polar surface area (TPSA) is 18.5 Å². The molecule has 12 heavy (non-hydrogen) atoms. The van der Waals surface area contributed by atoms with Crippen LogP contribution >= 0.6 is 0 Å². The quantitative estimate of drug-likeness (QED) is 0.569. The molecule has 1 rings (SSSR count). The zero-order chi connectivity index (χ0) is 9.57. The van der Waals surface area contributed by atoms with Gasteiger partial charge >= 0.3 is 6.29 Å². The molecule has 72 valence electrons. The highest BCUT2D eigenvalue weighted by molar-refractivity contribution is 4.84. The molecule has 0 aromatic heterocycles. The third-order valence-electron chi connectivity index (χ3n) is 1.87. The number of ether oxygens (including phenoxy) is 2. The van der Waals surface area contributed by atoms with Crippen LogP contribution in [0.5, 0.6) is 0 Å². The zero-order valence-electron chi connectivity index (χ0n) is 7.73. The number of alkyl halides is 2. The van der Waals surface area contributed by atoms with Gasteiger partial charge in [-0.25, -0.2) is 0 Å². The first kappa shape index (κ1) is 9.86. The molecule has 0 N–H and O–H groups in total. The standard InChI is InChI=1S/C8H14F2O2/c1-5-6(7(2,3)4)12-8(9,10)11-5/h5-6H,1-4H3. The van der Waals surface area contributed by atoms with Gasteiger partial charge in [0.25, 0.3) is 0 Å². The van der Waals surface area contributed by atoms with E-state index in [2.05, 4.69) is 9.47 Å². The first-order valence-corrected chi connectivity index (χ1v) is 3.96. The normalized spacial score (nSPS) is 35.5. The van der Waals surface area contributed by atoms with Crippen LogP contribution in [0.2, 0.25) is 0 Å². The van der Waals surface area contributed by atoms with Crippen LogP contribution in [-0.4, -0.2) is 18.5 Å². The SMILES string of the molecule is CC1OC(F)(F)OC1C(C)(C)C. The molecule has 1 aliphatic heterocycles. The molecule has 1 heterocycles. The summed E-state index contributed by atoms with van der Waals surface area (Å²) in [7, 11) is 0. The van der Waals surface area contributed by atoms with Gasteiger partial charge in [-0.1, -0.05) is 20.8 Å². The fourth-order valence-corrected chi connectivity index (χ4v) is 1.43. The Morgan fingerprint density at radius 1 is 1.17 bits per heavy atom. The van der Waals surface area contributed by atoms with Gasteiger partial charge in [-0.15, -0.1) is 8.78 Å². The molecule has 0 radical (unpaired) electrons. The van der Waals surface area contributed by atoms with Gasteiger partial charge in [0.2, 0.25) is 0 Å². The summed E-state index contributed by atoms with van der Waals surface area (Å²) < 4.78 is 33.9. The highest BCUT2D eigenvalue weighted by atomic mass is 19.3. The summed E-state index contributed by atoms with van der Waals surface area (Å²) in [5.41, 5.74) is -0.320. The Morgan fingerprint density at radius 2 is 1.67 bits per heavy atom. The molecule has 0 aliphatic carbocycles. The number of halogens is 2. The Labute approximate surface area is 70.8 Å². The molecule has 4 heteroatoms. The molecule has 0 saturated carbocycles. The minimum Gasteiger partial charge on any atom is -0.290 e. The van der Waals surface area contributed by atoms with E-state index in [0.29, 0.717) is 0 Å². The van der Waals surface area contributed by atoms with Gasteiger partial charge in [0, 0.05) is 0 Å². The summed E-state index contributed by atoms with van der Waals surface area (Å²) in [5, 5.41) is 0. The molecule has 0 bridgehead atoms. The minimum atomic E-state index is -3.41. The summed E-state index contributed by atoms with van der Waals surface area (Å²) in [4.78, 5) is 0. The molecule has 1 aliphatic rings. The Kier molecular flexibility index (Phi) is 2.17. The summed E-state index contributed by atoms with van der Waals surface area (Å²) in [6.07, 6.45) is -4.51. The van der Waals surface area contributed by atoms with Crippen LogP contribution in [0, 0.1) is 5.41 Å². The van der Waals surface area contributed by atoms with Crippen LogP contribution in [0.1, 0.15) is 27.7 Å². The van der Waals surface area contributed by atoms with Gasteiger partial charge in [0.05, 0.1) is 12.2 Å². The fraction of sp³-hybridized carbons (Fsp3) is 1.00. The average molecular weight is 180 g/mol. The molecule has 2 unspecified atom stereocenters. The maximum atomic E-state index is 12.5. The molecule has 2 atom stereocenters. The molecule has 0 amide bonds. The third kappa shape index (κ3) is 1.93. The highest BCUT2D eigenvalue weighted by Crippen LogP contribution is 2.39. The molecule has 1 fully saturated rings. The van der Waals surface area contributed by atoms with E-state index in [1.54, 1.807) is 6.92 Å². The Bertz CT molecular complexity index is 174. The Balaban J connectivity index is 2.71. The average Bonchev–Trinajstić information content (AvgIpc) is 2.03. The highest BCUT2D eigenvalue weighted by Gasteiger charge is 2.51. The molecule has 0 spiro atoms. The lowest BCUT2D eigenvalue weighted by Gasteiger charge is -2.27. The number of hydrogen-bond donors (Lipinski definition) is 0. The monoisotopic (exact) mass is 180 g/mol. The van der Waals surface area contributed by atoms with Crippen molar-refractivity contribution in [2.75, 3.05) is 0 Å². The van der Waals surface area contributed by atoms with E-state index in [9.17, 15) is 8.78 Å². The van der Waals surface area contributed by atoms with E-state index in [1.807, 2.05) is 20.8 Å². The van der Waals surface area contributed by atoms with Gasteiger partial charge < -0.3 is 0 Å². The Morgan fingerprint density at radius 3 is 1.83 bits per heavy atom. The number of hydrogen-bond acceptors (Lipinski definition) is 2. The fourth-order valence-electron chi connectivity index (χ4n) is 1.43. The van der Waals surface area contributed by atoms with Crippen LogP contribution in [0.3, 0.4) is 0 Å². The predicted molar refractivity (Wildman–Crippen MR) is 39.8 cm³/mol. The van der Waals surface area contributed by atoms with E-state index in [-0.39, 0.29) is 5.41 Å². The van der Waals surface area contributed by atoms with E-state index < -0.39 is 18.5 Å². The van der Waals surface area contributed by atoms with Crippen LogP contribution < -0.4 is 0 Å². The second-order valence-electron chi connectivity index (χ2n) is 4.19. The smallest absolute Gasteiger partial charge is 0.290 e. The van der Waals surface area contributed by atoms with Crippen molar-refractivity contribution in [3.63, 3.8) is 0 Å². The summed E-state index contributed by atoms with van der Waals surface area (Å²) in [6, 6.07) is 0. The lowest BCUT2D eigenvalue weighted by atomic mass is 9.86. The van der Waals surface area contributed by atoms with Crippen molar-refractivity contribution < 1.29 is 18.3 Å². The molecule has 0 aromatic carbocycles. The number of rotatable bonds is 0. The van der Waals surface area contributed by atoms with E-state index in [0.717, 1.165) is 0 Å². The van der Waals surface area contributed by atoms with Crippen molar-refractivity contribution in [3.05, 3.63) is 0 Å². The van der Waals surface area contributed by atoms with Crippen molar-refractivity contribution >= 4 is 0 Å². The van der Waals surface area contributed by atoms with Gasteiger partial charge in [0.1, 0.15) is 0 Å². The maximum Gasteiger partial charge on any atom is 0.486 e. The van der Waals surface area contributed by atoms with Gasteiger partial charge in [0.15, 0.2) is 0 Å². The largest absolute Gasteiger partial charge is 0.486 e. The minimum absolute atomic E-state index is 0.320. The van der Waals surface area contributed by atoms with Gasteiger partial charge in [-0.2, -0.15) is 0 Å². The van der Waals surface area contributed by atoms with Crippen molar-refractivity contribution in [2.45, 2.75) is 46.2 Å². The van der Waals surface area contributed by atoms with E-state index >= 15 is 0 Å². The summed E-state index contributed by atoms with van der Waals surface area (Å²) in [6.45, 7) is 7.13. The third-order valence-corrected chi connectivity index (χ3v) is 1.87. The van der Waals surface area contributed by atoms with Gasteiger partial charge in [-0.3, -0.25) is 9.47 Å². The second kappa shape index (κ2) is 2.64. The van der Waals surface area contributed by atoms with E-state index in [4.69, 9.17) is 0 Å². The first-order chi connectivity index (χ1) is 5.22. The van der Waals surface area contributed by atoms with E-state index in [1.165, 1.54) is 0 Å². The van der Waals surface area contributed by atoms with Crippen molar-refractivity contribution in [1.82, 2.24) is 0 Å².